The molecule has 0 spiro atoms. The largest absolute Gasteiger partial charge is 0.508 e. The Kier molecular flexibility index (Phi) is 3.69. The van der Waals surface area contributed by atoms with E-state index in [-0.39, 0.29) is 17.6 Å². The molecule has 1 saturated heterocycles. The first kappa shape index (κ1) is 14.5. The Morgan fingerprint density at radius 2 is 1.91 bits per heavy atom. The number of hydrogen-bond acceptors (Lipinski definition) is 5. The Balaban J connectivity index is 1.69. The molecule has 0 bridgehead atoms. The summed E-state index contributed by atoms with van der Waals surface area (Å²) in [5.41, 5.74) is 1.05. The highest BCUT2D eigenvalue weighted by atomic mass is 32.1. The molecule has 5 nitrogen and oxygen atoms in total. The number of thiazole rings is 1. The monoisotopic (exact) mass is 329 g/mol. The first-order valence-electron chi connectivity index (χ1n) is 8.05. The van der Waals surface area contributed by atoms with Gasteiger partial charge in [0.1, 0.15) is 11.6 Å². The van der Waals surface area contributed by atoms with E-state index in [2.05, 4.69) is 15.2 Å². The van der Waals surface area contributed by atoms with Crippen LogP contribution in [-0.2, 0) is 4.79 Å². The smallest absolute Gasteiger partial charge is 0.226 e. The van der Waals surface area contributed by atoms with Crippen LogP contribution in [0.4, 0.5) is 10.9 Å². The topological polar surface area (TPSA) is 65.5 Å². The van der Waals surface area contributed by atoms with Gasteiger partial charge in [0.15, 0.2) is 5.13 Å². The molecule has 6 heteroatoms. The number of piperidine rings is 1. The summed E-state index contributed by atoms with van der Waals surface area (Å²) in [7, 11) is 0. The molecule has 23 heavy (non-hydrogen) atoms. The number of carbonyl (C=O) groups is 1. The molecule has 3 heterocycles. The molecule has 1 unspecified atom stereocenters. The minimum atomic E-state index is 0.00562. The van der Waals surface area contributed by atoms with Crippen LogP contribution < -0.4 is 10.2 Å². The van der Waals surface area contributed by atoms with Gasteiger partial charge in [-0.1, -0.05) is 23.5 Å². The van der Waals surface area contributed by atoms with Gasteiger partial charge in [-0.2, -0.15) is 0 Å². The van der Waals surface area contributed by atoms with E-state index in [0.29, 0.717) is 12.2 Å². The van der Waals surface area contributed by atoms with Crippen LogP contribution in [0, 0.1) is 0 Å². The average Bonchev–Trinajstić information content (AvgIpc) is 2.99. The number of phenolic OH excluding ortho intramolecular Hbond substituents is 1. The van der Waals surface area contributed by atoms with Gasteiger partial charge >= 0.3 is 0 Å². The van der Waals surface area contributed by atoms with E-state index in [1.54, 1.807) is 23.5 Å². The minimum Gasteiger partial charge on any atom is -0.508 e. The van der Waals surface area contributed by atoms with Crippen molar-refractivity contribution in [1.29, 1.82) is 0 Å². The molecule has 0 aliphatic carbocycles. The highest BCUT2D eigenvalue weighted by molar-refractivity contribution is 7.16. The zero-order valence-corrected chi connectivity index (χ0v) is 13.6. The lowest BCUT2D eigenvalue weighted by Crippen LogP contribution is -2.29. The molecule has 2 aromatic rings. The Morgan fingerprint density at radius 3 is 2.65 bits per heavy atom. The molecule has 1 aromatic carbocycles. The number of anilines is 2. The second-order valence-corrected chi connectivity index (χ2v) is 7.16. The highest BCUT2D eigenvalue weighted by Gasteiger charge is 2.31. The van der Waals surface area contributed by atoms with E-state index in [1.807, 2.05) is 12.1 Å². The SMILES string of the molecule is O=C1CC(c2ccc(O)cc2)c2sc(N3CCCCC3)nc2N1. The number of phenols is 1. The van der Waals surface area contributed by atoms with Crippen LogP contribution >= 0.6 is 11.3 Å². The van der Waals surface area contributed by atoms with Crippen molar-refractivity contribution in [2.45, 2.75) is 31.6 Å². The van der Waals surface area contributed by atoms with E-state index < -0.39 is 0 Å². The van der Waals surface area contributed by atoms with Crippen molar-refractivity contribution < 1.29 is 9.90 Å². The van der Waals surface area contributed by atoms with E-state index in [4.69, 9.17) is 0 Å². The fourth-order valence-corrected chi connectivity index (χ4v) is 4.50. The number of nitrogens with one attached hydrogen (secondary N) is 1. The second-order valence-electron chi connectivity index (χ2n) is 6.15. The third-order valence-corrected chi connectivity index (χ3v) is 5.76. The van der Waals surface area contributed by atoms with Gasteiger partial charge in [-0.3, -0.25) is 4.79 Å². The van der Waals surface area contributed by atoms with E-state index >= 15 is 0 Å². The van der Waals surface area contributed by atoms with Gasteiger partial charge in [-0.15, -0.1) is 0 Å². The lowest BCUT2D eigenvalue weighted by molar-refractivity contribution is -0.116. The lowest BCUT2D eigenvalue weighted by atomic mass is 9.91. The van der Waals surface area contributed by atoms with Gasteiger partial charge in [-0.05, 0) is 37.0 Å². The molecule has 0 saturated carbocycles. The van der Waals surface area contributed by atoms with Gasteiger partial charge in [0.25, 0.3) is 0 Å². The lowest BCUT2D eigenvalue weighted by Gasteiger charge is -2.25. The number of rotatable bonds is 2. The van der Waals surface area contributed by atoms with Crippen molar-refractivity contribution in [2.24, 2.45) is 0 Å². The third kappa shape index (κ3) is 2.79. The Labute approximate surface area is 139 Å². The summed E-state index contributed by atoms with van der Waals surface area (Å²) < 4.78 is 0. The average molecular weight is 329 g/mol. The highest BCUT2D eigenvalue weighted by Crippen LogP contribution is 2.43. The van der Waals surface area contributed by atoms with Gasteiger partial charge in [0.05, 0.1) is 4.88 Å². The molecular formula is C17H19N3O2S. The zero-order chi connectivity index (χ0) is 15.8. The van der Waals surface area contributed by atoms with Gasteiger partial charge in [-0.25, -0.2) is 4.98 Å². The summed E-state index contributed by atoms with van der Waals surface area (Å²) in [6.07, 6.45) is 4.13. The second kappa shape index (κ2) is 5.85. The van der Waals surface area contributed by atoms with Crippen LogP contribution in [0.1, 0.15) is 42.0 Å². The molecule has 0 radical (unpaired) electrons. The minimum absolute atomic E-state index is 0.00562. The van der Waals surface area contributed by atoms with Crippen molar-refractivity contribution in [1.82, 2.24) is 4.98 Å². The molecule has 120 valence electrons. The number of nitrogens with zero attached hydrogens (tertiary/aromatic N) is 2. The number of benzene rings is 1. The molecule has 1 fully saturated rings. The van der Waals surface area contributed by atoms with Crippen molar-refractivity contribution in [3.63, 3.8) is 0 Å². The molecule has 1 aromatic heterocycles. The summed E-state index contributed by atoms with van der Waals surface area (Å²) in [5.74, 6) is 0.985. The Hall–Kier alpha value is -2.08. The third-order valence-electron chi connectivity index (χ3n) is 4.53. The van der Waals surface area contributed by atoms with E-state index in [1.165, 1.54) is 19.3 Å². The standard InChI is InChI=1S/C17H19N3O2S/c21-12-6-4-11(5-7-12)13-10-14(22)18-16-15(13)23-17(19-16)20-8-2-1-3-9-20/h4-7,13,21H,1-3,8-10H2,(H,18,22). The maximum atomic E-state index is 12.1. The fourth-order valence-electron chi connectivity index (χ4n) is 3.30. The predicted octanol–water partition coefficient (Wildman–Crippen LogP) is 3.31. The van der Waals surface area contributed by atoms with Crippen molar-refractivity contribution in [3.05, 3.63) is 34.7 Å². The first-order valence-corrected chi connectivity index (χ1v) is 8.87. The van der Waals surface area contributed by atoms with Crippen LogP contribution in [0.15, 0.2) is 24.3 Å². The molecule has 2 aliphatic heterocycles. The van der Waals surface area contributed by atoms with Crippen LogP contribution in [0.3, 0.4) is 0 Å². The predicted molar refractivity (Wildman–Crippen MR) is 91.4 cm³/mol. The molecule has 4 rings (SSSR count). The van der Waals surface area contributed by atoms with Gasteiger partial charge in [0, 0.05) is 25.4 Å². The zero-order valence-electron chi connectivity index (χ0n) is 12.8. The van der Waals surface area contributed by atoms with Crippen LogP contribution in [0.25, 0.3) is 0 Å². The summed E-state index contributed by atoms with van der Waals surface area (Å²) in [4.78, 5) is 20.2. The Morgan fingerprint density at radius 1 is 1.17 bits per heavy atom. The maximum Gasteiger partial charge on any atom is 0.226 e. The molecule has 1 atom stereocenters. The Bertz CT molecular complexity index is 720. The van der Waals surface area contributed by atoms with Crippen LogP contribution in [-0.4, -0.2) is 29.1 Å². The van der Waals surface area contributed by atoms with Crippen molar-refractivity contribution >= 4 is 28.2 Å². The number of carbonyl (C=O) groups excluding carboxylic acids is 1. The summed E-state index contributed by atoms with van der Waals surface area (Å²) in [6, 6.07) is 7.13. The van der Waals surface area contributed by atoms with E-state index in [0.717, 1.165) is 28.7 Å². The quantitative estimate of drug-likeness (QED) is 0.887. The first-order chi connectivity index (χ1) is 11.2. The van der Waals surface area contributed by atoms with Crippen LogP contribution in [0.5, 0.6) is 5.75 Å². The summed E-state index contributed by atoms with van der Waals surface area (Å²) in [6.45, 7) is 2.09. The summed E-state index contributed by atoms with van der Waals surface area (Å²) >= 11 is 1.69. The van der Waals surface area contributed by atoms with Gasteiger partial charge < -0.3 is 15.3 Å². The number of aromatic nitrogens is 1. The van der Waals surface area contributed by atoms with Crippen molar-refractivity contribution in [3.8, 4) is 5.75 Å². The molecule has 2 N–H and O–H groups in total. The number of fused-ring (bicyclic) bond motifs is 1. The summed E-state index contributed by atoms with van der Waals surface area (Å²) in [5, 5.41) is 13.4. The molecular weight excluding hydrogens is 310 g/mol. The molecule has 2 aliphatic rings. The van der Waals surface area contributed by atoms with Gasteiger partial charge in [0.2, 0.25) is 5.91 Å². The normalized spacial score (nSPS) is 21.0. The number of amides is 1. The number of aromatic hydroxyl groups is 1. The number of hydrogen-bond donors (Lipinski definition) is 2. The maximum absolute atomic E-state index is 12.1. The molecule has 1 amide bonds. The van der Waals surface area contributed by atoms with Crippen molar-refractivity contribution in [2.75, 3.05) is 23.3 Å². The van der Waals surface area contributed by atoms with Crippen LogP contribution in [0.2, 0.25) is 0 Å². The fraction of sp³-hybridized carbons (Fsp3) is 0.412. The van der Waals surface area contributed by atoms with E-state index in [9.17, 15) is 9.90 Å².